The molecule has 0 saturated carbocycles. The molecule has 1 aliphatic carbocycles. The van der Waals surface area contributed by atoms with E-state index in [1.165, 1.54) is 4.90 Å². The van der Waals surface area contributed by atoms with Gasteiger partial charge in [0.2, 0.25) is 17.7 Å². The van der Waals surface area contributed by atoms with Crippen LogP contribution in [0.15, 0.2) is 66.7 Å². The number of nitrogens with zero attached hydrogens (tertiary/aromatic N) is 2. The Kier molecular flexibility index (Phi) is 5.54. The molecule has 2 saturated heterocycles. The molecule has 33 heavy (non-hydrogen) atoms. The lowest BCUT2D eigenvalue weighted by Gasteiger charge is -2.17. The van der Waals surface area contributed by atoms with Crippen LogP contribution in [0.2, 0.25) is 0 Å². The lowest BCUT2D eigenvalue weighted by molar-refractivity contribution is -0.139. The molecule has 3 amide bonds. The summed E-state index contributed by atoms with van der Waals surface area (Å²) in [5.41, 5.74) is 1.49. The molecule has 2 aromatic rings. The van der Waals surface area contributed by atoms with Gasteiger partial charge in [-0.25, -0.2) is 0 Å². The molecule has 7 nitrogen and oxygen atoms in total. The maximum atomic E-state index is 12.7. The number of benzene rings is 2. The van der Waals surface area contributed by atoms with E-state index in [0.717, 1.165) is 5.56 Å². The first-order valence-electron chi connectivity index (χ1n) is 11.2. The molecule has 2 aliphatic heterocycles. The van der Waals surface area contributed by atoms with E-state index in [2.05, 4.69) is 0 Å². The summed E-state index contributed by atoms with van der Waals surface area (Å²) >= 11 is 0. The number of hydrogen-bond donors (Lipinski definition) is 0. The zero-order valence-corrected chi connectivity index (χ0v) is 18.1. The molecule has 2 aromatic carbocycles. The Morgan fingerprint density at radius 1 is 0.879 bits per heavy atom. The van der Waals surface area contributed by atoms with Crippen molar-refractivity contribution in [3.05, 3.63) is 72.3 Å². The quantitative estimate of drug-likeness (QED) is 0.306. The first-order valence-corrected chi connectivity index (χ1v) is 11.2. The van der Waals surface area contributed by atoms with Crippen LogP contribution in [0.25, 0.3) is 0 Å². The van der Waals surface area contributed by atoms with Crippen molar-refractivity contribution in [2.45, 2.75) is 25.8 Å². The Morgan fingerprint density at radius 2 is 1.52 bits per heavy atom. The van der Waals surface area contributed by atoms with E-state index in [1.807, 2.05) is 42.5 Å². The predicted molar refractivity (Wildman–Crippen MR) is 120 cm³/mol. The van der Waals surface area contributed by atoms with Gasteiger partial charge in [0.05, 0.1) is 23.4 Å². The topological polar surface area (TPSA) is 84.0 Å². The minimum atomic E-state index is -0.529. The van der Waals surface area contributed by atoms with Gasteiger partial charge >= 0.3 is 5.97 Å². The van der Waals surface area contributed by atoms with Gasteiger partial charge in [0.15, 0.2) is 0 Å². The Morgan fingerprint density at radius 3 is 2.15 bits per heavy atom. The molecule has 3 aliphatic rings. The number of carbonyl (C=O) groups excluding carboxylic acids is 4. The van der Waals surface area contributed by atoms with Gasteiger partial charge in [-0.1, -0.05) is 42.5 Å². The molecule has 0 N–H and O–H groups in total. The standard InChI is InChI=1S/C26H24N2O5/c29-23-14-18(16-27(23)15-17-6-2-1-3-7-17)26(32)33-20-12-10-19(11-13-20)28-24(30)21-8-4-5-9-22(21)25(28)31/h1-7,10-13,18,21-22H,8-9,14-16H2/t18-,21+,22+/m0/s1. The number of allylic oxidation sites excluding steroid dienone is 2. The second kappa shape index (κ2) is 8.65. The highest BCUT2D eigenvalue weighted by atomic mass is 16.5. The van der Waals surface area contributed by atoms with Crippen molar-refractivity contribution >= 4 is 29.4 Å². The number of carbonyl (C=O) groups is 4. The van der Waals surface area contributed by atoms with Gasteiger partial charge < -0.3 is 9.64 Å². The Hall–Kier alpha value is -3.74. The summed E-state index contributed by atoms with van der Waals surface area (Å²) in [5, 5.41) is 0. The summed E-state index contributed by atoms with van der Waals surface area (Å²) in [7, 11) is 0. The Bertz CT molecular complexity index is 1100. The van der Waals surface area contributed by atoms with Gasteiger partial charge in [-0.15, -0.1) is 0 Å². The molecule has 0 unspecified atom stereocenters. The number of ether oxygens (including phenoxy) is 1. The Balaban J connectivity index is 1.21. The molecule has 3 atom stereocenters. The van der Waals surface area contributed by atoms with Crippen LogP contribution >= 0.6 is 0 Å². The smallest absolute Gasteiger partial charge is 0.316 e. The average molecular weight is 444 g/mol. The maximum absolute atomic E-state index is 12.7. The van der Waals surface area contributed by atoms with E-state index in [9.17, 15) is 19.2 Å². The number of hydrogen-bond acceptors (Lipinski definition) is 5. The van der Waals surface area contributed by atoms with Gasteiger partial charge in [0, 0.05) is 19.5 Å². The van der Waals surface area contributed by atoms with Crippen LogP contribution < -0.4 is 9.64 Å². The summed E-state index contributed by atoms with van der Waals surface area (Å²) < 4.78 is 5.49. The van der Waals surface area contributed by atoms with Crippen LogP contribution in [-0.2, 0) is 25.7 Å². The zero-order chi connectivity index (χ0) is 22.9. The highest BCUT2D eigenvalue weighted by molar-refractivity contribution is 6.22. The van der Waals surface area contributed by atoms with Crippen LogP contribution in [0.5, 0.6) is 5.75 Å². The number of esters is 1. The largest absolute Gasteiger partial charge is 0.426 e. The van der Waals surface area contributed by atoms with Gasteiger partial charge in [-0.2, -0.15) is 0 Å². The van der Waals surface area contributed by atoms with Crippen LogP contribution in [0.1, 0.15) is 24.8 Å². The summed E-state index contributed by atoms with van der Waals surface area (Å²) in [5.74, 6) is -1.69. The summed E-state index contributed by atoms with van der Waals surface area (Å²) in [4.78, 5) is 53.4. The molecule has 7 heteroatoms. The zero-order valence-electron chi connectivity index (χ0n) is 18.1. The fourth-order valence-corrected chi connectivity index (χ4v) is 4.80. The van der Waals surface area contributed by atoms with E-state index in [1.54, 1.807) is 29.2 Å². The van der Waals surface area contributed by atoms with Crippen molar-refractivity contribution in [3.63, 3.8) is 0 Å². The lowest BCUT2D eigenvalue weighted by Crippen LogP contribution is -2.30. The average Bonchev–Trinajstić information content (AvgIpc) is 3.32. The minimum absolute atomic E-state index is 0.0711. The first kappa shape index (κ1) is 21.1. The summed E-state index contributed by atoms with van der Waals surface area (Å²) in [6.45, 7) is 0.784. The third-order valence-electron chi connectivity index (χ3n) is 6.59. The fourth-order valence-electron chi connectivity index (χ4n) is 4.80. The molecular formula is C26H24N2O5. The first-order chi connectivity index (χ1) is 16.0. The molecule has 2 heterocycles. The molecule has 0 bridgehead atoms. The van der Waals surface area contributed by atoms with E-state index >= 15 is 0 Å². The number of anilines is 1. The van der Waals surface area contributed by atoms with Crippen molar-refractivity contribution in [1.29, 1.82) is 0 Å². The van der Waals surface area contributed by atoms with Crippen molar-refractivity contribution < 1.29 is 23.9 Å². The van der Waals surface area contributed by atoms with E-state index in [4.69, 9.17) is 4.74 Å². The van der Waals surface area contributed by atoms with Crippen molar-refractivity contribution in [2.24, 2.45) is 17.8 Å². The Labute approximate surface area is 191 Å². The lowest BCUT2D eigenvalue weighted by atomic mass is 9.85. The highest BCUT2D eigenvalue weighted by Crippen LogP contribution is 2.38. The van der Waals surface area contributed by atoms with Crippen molar-refractivity contribution in [2.75, 3.05) is 11.4 Å². The third-order valence-corrected chi connectivity index (χ3v) is 6.59. The number of likely N-dealkylation sites (tertiary alicyclic amines) is 1. The van der Waals surface area contributed by atoms with Gasteiger partial charge in [-0.3, -0.25) is 24.1 Å². The number of rotatable bonds is 5. The van der Waals surface area contributed by atoms with Crippen molar-refractivity contribution in [1.82, 2.24) is 4.90 Å². The van der Waals surface area contributed by atoms with Gasteiger partial charge in [0.25, 0.3) is 0 Å². The molecule has 0 spiro atoms. The highest BCUT2D eigenvalue weighted by Gasteiger charge is 2.47. The molecule has 0 aromatic heterocycles. The van der Waals surface area contributed by atoms with Gasteiger partial charge in [-0.05, 0) is 42.7 Å². The second-order valence-corrected chi connectivity index (χ2v) is 8.74. The van der Waals surface area contributed by atoms with E-state index < -0.39 is 11.9 Å². The SMILES string of the molecule is O=C(Oc1ccc(N2C(=O)[C@@H]3CC=CC[C@H]3C2=O)cc1)[C@H]1CC(=O)N(Cc2ccccc2)C1. The molecule has 0 radical (unpaired) electrons. The predicted octanol–water partition coefficient (Wildman–Crippen LogP) is 3.10. The normalized spacial score (nSPS) is 24.4. The molecule has 168 valence electrons. The maximum Gasteiger partial charge on any atom is 0.316 e. The van der Waals surface area contributed by atoms with Crippen LogP contribution in [0.4, 0.5) is 5.69 Å². The number of imide groups is 1. The van der Waals surface area contributed by atoms with Crippen molar-refractivity contribution in [3.8, 4) is 5.75 Å². The fraction of sp³-hybridized carbons (Fsp3) is 0.308. The number of amides is 3. The minimum Gasteiger partial charge on any atom is -0.426 e. The van der Waals surface area contributed by atoms with Gasteiger partial charge in [0.1, 0.15) is 5.75 Å². The molecular weight excluding hydrogens is 420 g/mol. The second-order valence-electron chi connectivity index (χ2n) is 8.74. The van der Waals surface area contributed by atoms with E-state index in [0.29, 0.717) is 37.4 Å². The molecule has 2 fully saturated rings. The number of fused-ring (bicyclic) bond motifs is 1. The summed E-state index contributed by atoms with van der Waals surface area (Å²) in [6, 6.07) is 16.0. The molecule has 5 rings (SSSR count). The van der Waals surface area contributed by atoms with E-state index in [-0.39, 0.29) is 36.0 Å². The van der Waals surface area contributed by atoms with Crippen LogP contribution in [0.3, 0.4) is 0 Å². The monoisotopic (exact) mass is 444 g/mol. The summed E-state index contributed by atoms with van der Waals surface area (Å²) in [6.07, 6.45) is 5.20. The van der Waals surface area contributed by atoms with Crippen LogP contribution in [-0.4, -0.2) is 35.1 Å². The third kappa shape index (κ3) is 4.06. The van der Waals surface area contributed by atoms with Crippen LogP contribution in [0, 0.1) is 17.8 Å².